The number of anilines is 2. The third kappa shape index (κ3) is 5.26. The van der Waals surface area contributed by atoms with Crippen LogP contribution in [0.1, 0.15) is 6.92 Å². The number of benzene rings is 2. The van der Waals surface area contributed by atoms with Crippen LogP contribution in [0.3, 0.4) is 0 Å². The fraction of sp³-hybridized carbons (Fsp3) is 0.304. The van der Waals surface area contributed by atoms with Crippen LogP contribution in [0.5, 0.6) is 0 Å². The molecular formula is C23H23F2N5O3S. The van der Waals surface area contributed by atoms with Gasteiger partial charge in [0.2, 0.25) is 5.91 Å². The molecule has 1 aromatic heterocycles. The number of nitro groups is 1. The van der Waals surface area contributed by atoms with E-state index in [-0.39, 0.29) is 17.6 Å². The minimum absolute atomic E-state index is 0.0246. The van der Waals surface area contributed by atoms with Gasteiger partial charge in [-0.25, -0.2) is 0 Å². The number of amides is 1. The summed E-state index contributed by atoms with van der Waals surface area (Å²) in [4.78, 5) is 32.4. The van der Waals surface area contributed by atoms with E-state index in [4.69, 9.17) is 0 Å². The molecule has 0 radical (unpaired) electrons. The van der Waals surface area contributed by atoms with Gasteiger partial charge >= 0.3 is 0 Å². The molecule has 11 heteroatoms. The number of halogens is 2. The second-order valence-corrected chi connectivity index (χ2v) is 8.94. The van der Waals surface area contributed by atoms with Crippen molar-refractivity contribution in [1.29, 1.82) is 0 Å². The van der Waals surface area contributed by atoms with Gasteiger partial charge in [0.05, 0.1) is 16.4 Å². The van der Waals surface area contributed by atoms with Crippen LogP contribution in [-0.4, -0.2) is 58.7 Å². The monoisotopic (exact) mass is 487 g/mol. The Morgan fingerprint density at radius 1 is 1.09 bits per heavy atom. The summed E-state index contributed by atoms with van der Waals surface area (Å²) in [6.07, 6.45) is 3.13. The molecule has 0 saturated carbocycles. The summed E-state index contributed by atoms with van der Waals surface area (Å²) in [5, 5.41) is 15.5. The fourth-order valence-corrected chi connectivity index (χ4v) is 4.58. The van der Waals surface area contributed by atoms with Crippen LogP contribution in [0.25, 0.3) is 10.8 Å². The number of nitrogens with one attached hydrogen (secondary N) is 1. The number of non-ortho nitro benzene ring substituents is 1. The predicted octanol–water partition coefficient (Wildman–Crippen LogP) is 4.61. The van der Waals surface area contributed by atoms with Crippen molar-refractivity contribution in [3.8, 4) is 0 Å². The molecular weight excluding hydrogens is 464 g/mol. The number of piperazine rings is 1. The zero-order valence-corrected chi connectivity index (χ0v) is 19.2. The molecule has 1 amide bonds. The zero-order valence-electron chi connectivity index (χ0n) is 18.4. The van der Waals surface area contributed by atoms with Crippen LogP contribution in [0.4, 0.5) is 25.8 Å². The third-order valence-electron chi connectivity index (χ3n) is 5.90. The minimum atomic E-state index is -2.49. The summed E-state index contributed by atoms with van der Waals surface area (Å²) in [7, 11) is 0. The van der Waals surface area contributed by atoms with Gasteiger partial charge in [-0.3, -0.25) is 24.8 Å². The number of carbonyl (C=O) groups is 1. The number of thioether (sulfide) groups is 1. The quantitative estimate of drug-likeness (QED) is 0.296. The molecule has 2 aromatic carbocycles. The molecule has 1 aliphatic heterocycles. The first kappa shape index (κ1) is 23.8. The second kappa shape index (κ2) is 10.3. The molecule has 178 valence electrons. The molecule has 1 aliphatic rings. The molecule has 4 rings (SSSR count). The van der Waals surface area contributed by atoms with Crippen molar-refractivity contribution in [2.75, 3.05) is 36.4 Å². The summed E-state index contributed by atoms with van der Waals surface area (Å²) in [5.41, 5.74) is 1.48. The van der Waals surface area contributed by atoms with Gasteiger partial charge in [-0.1, -0.05) is 11.8 Å². The summed E-state index contributed by atoms with van der Waals surface area (Å²) in [6.45, 7) is 4.43. The van der Waals surface area contributed by atoms with Crippen LogP contribution in [0.2, 0.25) is 0 Å². The smallest absolute Gasteiger partial charge is 0.288 e. The van der Waals surface area contributed by atoms with E-state index in [1.54, 1.807) is 42.6 Å². The van der Waals surface area contributed by atoms with E-state index in [0.717, 1.165) is 11.1 Å². The lowest BCUT2D eigenvalue weighted by Crippen LogP contribution is -2.52. The van der Waals surface area contributed by atoms with Crippen molar-refractivity contribution in [2.45, 2.75) is 23.6 Å². The molecule has 0 spiro atoms. The van der Waals surface area contributed by atoms with Crippen LogP contribution >= 0.6 is 11.8 Å². The van der Waals surface area contributed by atoms with Gasteiger partial charge in [0.25, 0.3) is 11.4 Å². The Morgan fingerprint density at radius 3 is 2.44 bits per heavy atom. The molecule has 0 aliphatic carbocycles. The Morgan fingerprint density at radius 2 is 1.79 bits per heavy atom. The van der Waals surface area contributed by atoms with E-state index in [9.17, 15) is 23.7 Å². The number of rotatable bonds is 7. The molecule has 1 unspecified atom stereocenters. The lowest BCUT2D eigenvalue weighted by atomic mass is 10.1. The Kier molecular flexibility index (Phi) is 7.23. The molecule has 34 heavy (non-hydrogen) atoms. The lowest BCUT2D eigenvalue weighted by Gasteiger charge is -2.38. The highest BCUT2D eigenvalue weighted by Crippen LogP contribution is 2.33. The molecule has 1 fully saturated rings. The summed E-state index contributed by atoms with van der Waals surface area (Å²) < 4.78 is 24.9. The van der Waals surface area contributed by atoms with Crippen LogP contribution in [-0.2, 0) is 4.79 Å². The average molecular weight is 488 g/mol. The Labute approximate surface area is 199 Å². The van der Waals surface area contributed by atoms with Gasteiger partial charge in [0, 0.05) is 66.3 Å². The van der Waals surface area contributed by atoms with Gasteiger partial charge in [0.1, 0.15) is 0 Å². The molecule has 0 bridgehead atoms. The third-order valence-corrected chi connectivity index (χ3v) is 6.62. The molecule has 1 saturated heterocycles. The fourth-order valence-electron chi connectivity index (χ4n) is 4.08. The van der Waals surface area contributed by atoms with Gasteiger partial charge in [0.15, 0.2) is 0 Å². The predicted molar refractivity (Wildman–Crippen MR) is 129 cm³/mol. The highest BCUT2D eigenvalue weighted by Gasteiger charge is 2.27. The molecule has 8 nitrogen and oxygen atoms in total. The number of aromatic nitrogens is 1. The number of hydrogen-bond donors (Lipinski definition) is 1. The Bertz CT molecular complexity index is 1190. The molecule has 1 atom stereocenters. The Hall–Kier alpha value is -3.31. The first-order valence-corrected chi connectivity index (χ1v) is 11.6. The average Bonchev–Trinajstić information content (AvgIpc) is 2.83. The topological polar surface area (TPSA) is 91.6 Å². The van der Waals surface area contributed by atoms with E-state index < -0.39 is 10.7 Å². The van der Waals surface area contributed by atoms with Crippen molar-refractivity contribution in [3.63, 3.8) is 0 Å². The minimum Gasteiger partial charge on any atom is -0.368 e. The van der Waals surface area contributed by atoms with Crippen molar-refractivity contribution in [1.82, 2.24) is 9.88 Å². The van der Waals surface area contributed by atoms with Gasteiger partial charge in [-0.2, -0.15) is 8.78 Å². The standard InChI is InChI=1S/C23H23F2N5O3S/c1-15(22(31)27-16-2-4-17(5-3-16)34-23(24)25)28-10-12-29(13-11-28)20-6-7-21(30(32)33)19-14-26-9-8-18(19)20/h2-9,14-15,23H,10-13H2,1H3,(H,27,31). The number of pyridine rings is 1. The number of hydrogen-bond acceptors (Lipinski definition) is 7. The van der Waals surface area contributed by atoms with Crippen molar-refractivity contribution >= 4 is 45.5 Å². The van der Waals surface area contributed by atoms with E-state index in [1.807, 2.05) is 6.92 Å². The maximum Gasteiger partial charge on any atom is 0.288 e. The molecule has 1 N–H and O–H groups in total. The van der Waals surface area contributed by atoms with E-state index in [0.29, 0.717) is 53.9 Å². The number of fused-ring (bicyclic) bond motifs is 1. The SMILES string of the molecule is CC(C(=O)Nc1ccc(SC(F)F)cc1)N1CCN(c2ccc([N+](=O)[O-])c3cnccc23)CC1. The van der Waals surface area contributed by atoms with Crippen molar-refractivity contribution in [3.05, 3.63) is 65.0 Å². The summed E-state index contributed by atoms with van der Waals surface area (Å²) in [6, 6.07) is 11.0. The summed E-state index contributed by atoms with van der Waals surface area (Å²) >= 11 is 0.460. The number of alkyl halides is 2. The van der Waals surface area contributed by atoms with Crippen LogP contribution in [0, 0.1) is 10.1 Å². The van der Waals surface area contributed by atoms with Gasteiger partial charge in [-0.05, 0) is 43.3 Å². The van der Waals surface area contributed by atoms with Gasteiger partial charge < -0.3 is 10.2 Å². The zero-order chi connectivity index (χ0) is 24.2. The number of nitrogens with zero attached hydrogens (tertiary/aromatic N) is 4. The van der Waals surface area contributed by atoms with Crippen LogP contribution < -0.4 is 10.2 Å². The van der Waals surface area contributed by atoms with Crippen molar-refractivity contribution in [2.24, 2.45) is 0 Å². The van der Waals surface area contributed by atoms with E-state index in [1.165, 1.54) is 12.3 Å². The first-order valence-electron chi connectivity index (χ1n) is 10.7. The van der Waals surface area contributed by atoms with E-state index in [2.05, 4.69) is 20.1 Å². The second-order valence-electron chi connectivity index (χ2n) is 7.87. The van der Waals surface area contributed by atoms with E-state index >= 15 is 0 Å². The van der Waals surface area contributed by atoms with Crippen LogP contribution in [0.15, 0.2) is 59.8 Å². The van der Waals surface area contributed by atoms with Crippen molar-refractivity contribution < 1.29 is 18.5 Å². The summed E-state index contributed by atoms with van der Waals surface area (Å²) in [5.74, 6) is -2.66. The number of nitro benzene ring substituents is 1. The number of carbonyl (C=O) groups excluding carboxylic acids is 1. The van der Waals surface area contributed by atoms with Gasteiger partial charge in [-0.15, -0.1) is 0 Å². The Balaban J connectivity index is 1.38. The normalized spacial score (nSPS) is 15.5. The highest BCUT2D eigenvalue weighted by molar-refractivity contribution is 7.99. The maximum atomic E-state index is 12.7. The first-order chi connectivity index (χ1) is 16.3. The largest absolute Gasteiger partial charge is 0.368 e. The molecule has 2 heterocycles. The highest BCUT2D eigenvalue weighted by atomic mass is 32.2. The lowest BCUT2D eigenvalue weighted by molar-refractivity contribution is -0.383. The maximum absolute atomic E-state index is 12.7. The molecule has 3 aromatic rings.